The van der Waals surface area contributed by atoms with Gasteiger partial charge in [0.25, 0.3) is 0 Å². The van der Waals surface area contributed by atoms with Crippen LogP contribution in [0.3, 0.4) is 0 Å². The van der Waals surface area contributed by atoms with Crippen molar-refractivity contribution >= 4 is 11.2 Å². The predicted octanol–water partition coefficient (Wildman–Crippen LogP) is 1.25. The Morgan fingerprint density at radius 2 is 2.25 bits per heavy atom. The number of aromatic nitrogens is 3. The maximum atomic E-state index is 5.72. The zero-order valence-corrected chi connectivity index (χ0v) is 9.53. The lowest BCUT2D eigenvalue weighted by Gasteiger charge is -1.99. The number of pyridine rings is 1. The van der Waals surface area contributed by atoms with E-state index in [0.29, 0.717) is 18.1 Å². The van der Waals surface area contributed by atoms with Gasteiger partial charge in [0.15, 0.2) is 5.65 Å². The van der Waals surface area contributed by atoms with Gasteiger partial charge in [-0.1, -0.05) is 0 Å². The first-order valence-electron chi connectivity index (χ1n) is 5.43. The summed E-state index contributed by atoms with van der Waals surface area (Å²) in [4.78, 5) is 11.8. The van der Waals surface area contributed by atoms with Crippen molar-refractivity contribution in [3.05, 3.63) is 18.0 Å². The predicted molar refractivity (Wildman–Crippen MR) is 62.4 cm³/mol. The lowest BCUT2D eigenvalue weighted by molar-refractivity contribution is 0.328. The molecule has 0 saturated carbocycles. The number of fused-ring (bicyclic) bond motifs is 1. The van der Waals surface area contributed by atoms with Crippen LogP contribution in [0.2, 0.25) is 0 Å². The van der Waals surface area contributed by atoms with Crippen LogP contribution in [0.1, 0.15) is 19.7 Å². The van der Waals surface area contributed by atoms with Crippen LogP contribution in [-0.2, 0) is 6.42 Å². The first-order chi connectivity index (χ1) is 7.69. The molecule has 5 nitrogen and oxygen atoms in total. The highest BCUT2D eigenvalue weighted by Crippen LogP contribution is 2.14. The fraction of sp³-hybridized carbons (Fsp3) is 0.455. The smallest absolute Gasteiger partial charge is 0.215 e. The summed E-state index contributed by atoms with van der Waals surface area (Å²) in [5, 5.41) is 0. The number of nitrogens with one attached hydrogen (secondary N) is 1. The van der Waals surface area contributed by atoms with Crippen molar-refractivity contribution in [1.29, 1.82) is 0 Å². The molecule has 2 aromatic heterocycles. The number of imidazole rings is 1. The van der Waals surface area contributed by atoms with Gasteiger partial charge in [-0.3, -0.25) is 0 Å². The van der Waals surface area contributed by atoms with E-state index >= 15 is 0 Å². The molecule has 0 amide bonds. The van der Waals surface area contributed by atoms with E-state index in [2.05, 4.69) is 15.0 Å². The lowest BCUT2D eigenvalue weighted by atomic mass is 10.2. The van der Waals surface area contributed by atoms with Gasteiger partial charge in [-0.2, -0.15) is 4.98 Å². The average Bonchev–Trinajstić information content (AvgIpc) is 2.58. The third-order valence-electron chi connectivity index (χ3n) is 2.18. The molecule has 2 heterocycles. The molecule has 0 bridgehead atoms. The summed E-state index contributed by atoms with van der Waals surface area (Å²) in [7, 11) is 0. The van der Waals surface area contributed by atoms with Crippen LogP contribution in [0.4, 0.5) is 0 Å². The number of hydrogen-bond donors (Lipinski definition) is 2. The molecule has 5 heteroatoms. The minimum Gasteiger partial charge on any atom is -0.478 e. The van der Waals surface area contributed by atoms with Gasteiger partial charge in [0.1, 0.15) is 5.82 Å². The zero-order chi connectivity index (χ0) is 11.5. The minimum absolute atomic E-state index is 0.0897. The number of nitrogens with two attached hydrogens (primary N) is 1. The number of ether oxygens (including phenoxy) is 1. The summed E-state index contributed by atoms with van der Waals surface area (Å²) in [5.41, 5.74) is 7.32. The minimum atomic E-state index is 0.0897. The topological polar surface area (TPSA) is 76.8 Å². The van der Waals surface area contributed by atoms with Crippen LogP contribution >= 0.6 is 0 Å². The van der Waals surface area contributed by atoms with Crippen molar-refractivity contribution in [1.82, 2.24) is 15.0 Å². The largest absolute Gasteiger partial charge is 0.478 e. The van der Waals surface area contributed by atoms with Crippen molar-refractivity contribution in [3.8, 4) is 5.88 Å². The summed E-state index contributed by atoms with van der Waals surface area (Å²) in [5.74, 6) is 1.47. The maximum Gasteiger partial charge on any atom is 0.215 e. The van der Waals surface area contributed by atoms with E-state index in [0.717, 1.165) is 17.8 Å². The van der Waals surface area contributed by atoms with Gasteiger partial charge >= 0.3 is 0 Å². The van der Waals surface area contributed by atoms with Gasteiger partial charge in [0.05, 0.1) is 12.1 Å². The number of H-pyrrole nitrogens is 1. The SMILES string of the molecule is CCOc1ccc2[nH]c(CC(C)N)nc2n1. The fourth-order valence-electron chi connectivity index (χ4n) is 1.55. The standard InChI is InChI=1S/C11H16N4O/c1-3-16-10-5-4-8-11(15-10)14-9(13-8)6-7(2)12/h4-5,7H,3,6,12H2,1-2H3,(H,13,14,15). The molecule has 0 radical (unpaired) electrons. The summed E-state index contributed by atoms with van der Waals surface area (Å²) >= 11 is 0. The molecule has 16 heavy (non-hydrogen) atoms. The van der Waals surface area contributed by atoms with Crippen molar-refractivity contribution in [2.24, 2.45) is 5.73 Å². The Labute approximate surface area is 94.0 Å². The Morgan fingerprint density at radius 1 is 1.44 bits per heavy atom. The molecule has 0 fully saturated rings. The quantitative estimate of drug-likeness (QED) is 0.812. The molecular weight excluding hydrogens is 204 g/mol. The highest BCUT2D eigenvalue weighted by molar-refractivity contribution is 5.71. The van der Waals surface area contributed by atoms with E-state index in [1.165, 1.54) is 0 Å². The number of hydrogen-bond acceptors (Lipinski definition) is 4. The molecule has 0 saturated heterocycles. The van der Waals surface area contributed by atoms with Crippen molar-refractivity contribution in [2.75, 3.05) is 6.61 Å². The molecule has 0 aromatic carbocycles. The Morgan fingerprint density at radius 3 is 2.94 bits per heavy atom. The van der Waals surface area contributed by atoms with E-state index in [1.54, 1.807) is 0 Å². The molecule has 0 aliphatic rings. The van der Waals surface area contributed by atoms with E-state index < -0.39 is 0 Å². The van der Waals surface area contributed by atoms with Gasteiger partial charge in [-0.15, -0.1) is 0 Å². The van der Waals surface area contributed by atoms with Crippen LogP contribution in [0.25, 0.3) is 11.2 Å². The van der Waals surface area contributed by atoms with Crippen LogP contribution in [-0.4, -0.2) is 27.6 Å². The molecular formula is C11H16N4O. The monoisotopic (exact) mass is 220 g/mol. The molecule has 86 valence electrons. The van der Waals surface area contributed by atoms with Crippen molar-refractivity contribution in [3.63, 3.8) is 0 Å². The Bertz CT molecular complexity index is 478. The second kappa shape index (κ2) is 4.49. The molecule has 3 N–H and O–H groups in total. The molecule has 1 atom stereocenters. The highest BCUT2D eigenvalue weighted by Gasteiger charge is 2.07. The van der Waals surface area contributed by atoms with Crippen LogP contribution in [0.15, 0.2) is 12.1 Å². The summed E-state index contributed by atoms with van der Waals surface area (Å²) in [6.07, 6.45) is 0.723. The molecule has 0 spiro atoms. The van der Waals surface area contributed by atoms with Crippen LogP contribution < -0.4 is 10.5 Å². The summed E-state index contributed by atoms with van der Waals surface area (Å²) in [6, 6.07) is 3.84. The number of rotatable bonds is 4. The highest BCUT2D eigenvalue weighted by atomic mass is 16.5. The normalized spacial score (nSPS) is 12.9. The maximum absolute atomic E-state index is 5.72. The molecule has 2 aromatic rings. The van der Waals surface area contributed by atoms with E-state index in [9.17, 15) is 0 Å². The Balaban J connectivity index is 2.30. The number of nitrogens with zero attached hydrogens (tertiary/aromatic N) is 2. The van der Waals surface area contributed by atoms with E-state index in [4.69, 9.17) is 10.5 Å². The van der Waals surface area contributed by atoms with Gasteiger partial charge < -0.3 is 15.5 Å². The van der Waals surface area contributed by atoms with Crippen molar-refractivity contribution in [2.45, 2.75) is 26.3 Å². The summed E-state index contributed by atoms with van der Waals surface area (Å²) < 4.78 is 5.31. The molecule has 1 unspecified atom stereocenters. The molecule has 0 aliphatic heterocycles. The fourth-order valence-corrected chi connectivity index (χ4v) is 1.55. The van der Waals surface area contributed by atoms with Gasteiger partial charge in [0.2, 0.25) is 5.88 Å². The first-order valence-corrected chi connectivity index (χ1v) is 5.43. The Hall–Kier alpha value is -1.62. The Kier molecular flexibility index (Phi) is 3.05. The van der Waals surface area contributed by atoms with E-state index in [-0.39, 0.29) is 6.04 Å². The third kappa shape index (κ3) is 2.30. The van der Waals surface area contributed by atoms with Gasteiger partial charge in [-0.05, 0) is 19.9 Å². The van der Waals surface area contributed by atoms with Gasteiger partial charge in [0, 0.05) is 18.5 Å². The lowest BCUT2D eigenvalue weighted by Crippen LogP contribution is -2.18. The third-order valence-corrected chi connectivity index (χ3v) is 2.18. The molecule has 2 rings (SSSR count). The second-order valence-electron chi connectivity index (χ2n) is 3.82. The van der Waals surface area contributed by atoms with Crippen molar-refractivity contribution < 1.29 is 4.74 Å². The summed E-state index contributed by atoms with van der Waals surface area (Å²) in [6.45, 7) is 4.49. The van der Waals surface area contributed by atoms with Gasteiger partial charge in [-0.25, -0.2) is 4.98 Å². The number of aromatic amines is 1. The average molecular weight is 220 g/mol. The van der Waals surface area contributed by atoms with Crippen LogP contribution in [0.5, 0.6) is 5.88 Å². The van der Waals surface area contributed by atoms with E-state index in [1.807, 2.05) is 26.0 Å². The van der Waals surface area contributed by atoms with Crippen LogP contribution in [0, 0.1) is 0 Å². The zero-order valence-electron chi connectivity index (χ0n) is 9.53. The molecule has 0 aliphatic carbocycles. The second-order valence-corrected chi connectivity index (χ2v) is 3.82. The first kappa shape index (κ1) is 10.9.